The van der Waals surface area contributed by atoms with Crippen LogP contribution in [0.5, 0.6) is 0 Å². The number of piperidine rings is 1. The Bertz CT molecular complexity index is 614. The molecule has 0 bridgehead atoms. The summed E-state index contributed by atoms with van der Waals surface area (Å²) >= 11 is 3.28. The Morgan fingerprint density at radius 1 is 1.32 bits per heavy atom. The van der Waals surface area contributed by atoms with E-state index < -0.39 is 15.4 Å². The molecule has 1 aromatic carbocycles. The molecular formula is C13H15BrN2O2S. The van der Waals surface area contributed by atoms with E-state index in [2.05, 4.69) is 22.0 Å². The van der Waals surface area contributed by atoms with Crippen LogP contribution in [-0.2, 0) is 10.0 Å². The third-order valence-electron chi connectivity index (χ3n) is 3.55. The number of rotatable bonds is 2. The van der Waals surface area contributed by atoms with E-state index in [4.69, 9.17) is 5.26 Å². The molecule has 2 rings (SSSR count). The molecule has 0 aromatic heterocycles. The molecule has 0 saturated carbocycles. The number of hydrogen-bond acceptors (Lipinski definition) is 3. The third-order valence-corrected chi connectivity index (χ3v) is 6.46. The second kappa shape index (κ2) is 5.23. The van der Waals surface area contributed by atoms with Crippen LogP contribution < -0.4 is 0 Å². The zero-order valence-corrected chi connectivity index (χ0v) is 13.0. The van der Waals surface area contributed by atoms with Gasteiger partial charge in [-0.05, 0) is 47.8 Å². The molecule has 0 spiro atoms. The molecular weight excluding hydrogens is 328 g/mol. The maximum absolute atomic E-state index is 12.5. The molecule has 4 nitrogen and oxygen atoms in total. The van der Waals surface area contributed by atoms with Crippen LogP contribution in [-0.4, -0.2) is 25.8 Å². The van der Waals surface area contributed by atoms with Gasteiger partial charge in [0.05, 0.1) is 16.4 Å². The maximum atomic E-state index is 12.5. The van der Waals surface area contributed by atoms with Gasteiger partial charge in [-0.25, -0.2) is 8.42 Å². The Hall–Kier alpha value is -0.900. The lowest BCUT2D eigenvalue weighted by Gasteiger charge is -2.34. The van der Waals surface area contributed by atoms with Crippen molar-refractivity contribution in [1.82, 2.24) is 4.31 Å². The minimum absolute atomic E-state index is 0.288. The average Bonchev–Trinajstić information content (AvgIpc) is 2.39. The Balaban J connectivity index is 2.25. The van der Waals surface area contributed by atoms with Crippen LogP contribution in [0.25, 0.3) is 0 Å². The minimum atomic E-state index is -3.47. The van der Waals surface area contributed by atoms with Crippen molar-refractivity contribution in [3.8, 4) is 6.07 Å². The SMILES string of the molecule is CC1(C#N)CCN(S(=O)(=O)c2ccccc2Br)CC1. The highest BCUT2D eigenvalue weighted by molar-refractivity contribution is 9.10. The van der Waals surface area contributed by atoms with Crippen LogP contribution in [0.3, 0.4) is 0 Å². The number of benzene rings is 1. The van der Waals surface area contributed by atoms with E-state index in [-0.39, 0.29) is 4.90 Å². The number of halogens is 1. The normalized spacial score (nSPS) is 19.8. The highest BCUT2D eigenvalue weighted by Gasteiger charge is 2.36. The van der Waals surface area contributed by atoms with E-state index in [0.717, 1.165) is 0 Å². The van der Waals surface area contributed by atoms with E-state index in [0.29, 0.717) is 30.4 Å². The highest BCUT2D eigenvalue weighted by atomic mass is 79.9. The first kappa shape index (κ1) is 14.5. The molecule has 0 amide bonds. The quantitative estimate of drug-likeness (QED) is 0.830. The molecule has 0 unspecified atom stereocenters. The molecule has 0 aliphatic carbocycles. The molecule has 0 N–H and O–H groups in total. The van der Waals surface area contributed by atoms with Crippen molar-refractivity contribution < 1.29 is 8.42 Å². The van der Waals surface area contributed by atoms with Crippen LogP contribution in [0.2, 0.25) is 0 Å². The van der Waals surface area contributed by atoms with Crippen LogP contribution in [0.15, 0.2) is 33.6 Å². The summed E-state index contributed by atoms with van der Waals surface area (Å²) < 4.78 is 27.1. The lowest BCUT2D eigenvalue weighted by Crippen LogP contribution is -2.41. The lowest BCUT2D eigenvalue weighted by atomic mass is 9.83. The van der Waals surface area contributed by atoms with Crippen molar-refractivity contribution in [1.29, 1.82) is 5.26 Å². The van der Waals surface area contributed by atoms with Gasteiger partial charge in [0.15, 0.2) is 0 Å². The smallest absolute Gasteiger partial charge is 0.207 e. The van der Waals surface area contributed by atoms with E-state index in [1.54, 1.807) is 24.3 Å². The number of nitrogens with zero attached hydrogens (tertiary/aromatic N) is 2. The molecule has 1 aliphatic rings. The predicted octanol–water partition coefficient (Wildman–Crippen LogP) is 2.76. The molecule has 1 aliphatic heterocycles. The minimum Gasteiger partial charge on any atom is -0.207 e. The van der Waals surface area contributed by atoms with Gasteiger partial charge in [-0.3, -0.25) is 0 Å². The van der Waals surface area contributed by atoms with Crippen molar-refractivity contribution >= 4 is 26.0 Å². The number of hydrogen-bond donors (Lipinski definition) is 0. The summed E-state index contributed by atoms with van der Waals surface area (Å²) in [7, 11) is -3.47. The summed E-state index contributed by atoms with van der Waals surface area (Å²) in [5.74, 6) is 0. The van der Waals surface area contributed by atoms with Gasteiger partial charge in [-0.1, -0.05) is 12.1 Å². The second-order valence-corrected chi connectivity index (χ2v) is 7.77. The van der Waals surface area contributed by atoms with Gasteiger partial charge in [-0.2, -0.15) is 9.57 Å². The largest absolute Gasteiger partial charge is 0.244 e. The van der Waals surface area contributed by atoms with Gasteiger partial charge in [0.2, 0.25) is 10.0 Å². The van der Waals surface area contributed by atoms with Crippen molar-refractivity contribution in [2.24, 2.45) is 5.41 Å². The summed E-state index contributed by atoms with van der Waals surface area (Å²) in [5.41, 5.74) is -0.403. The zero-order valence-electron chi connectivity index (χ0n) is 10.6. The van der Waals surface area contributed by atoms with Crippen molar-refractivity contribution in [3.05, 3.63) is 28.7 Å². The van der Waals surface area contributed by atoms with Gasteiger partial charge in [0.25, 0.3) is 0 Å². The van der Waals surface area contributed by atoms with Crippen LogP contribution in [0.1, 0.15) is 19.8 Å². The fourth-order valence-electron chi connectivity index (χ4n) is 2.12. The van der Waals surface area contributed by atoms with Gasteiger partial charge in [0, 0.05) is 17.6 Å². The lowest BCUT2D eigenvalue weighted by molar-refractivity contribution is 0.232. The summed E-state index contributed by atoms with van der Waals surface area (Å²) in [4.78, 5) is 0.288. The summed E-state index contributed by atoms with van der Waals surface area (Å²) in [5, 5.41) is 9.08. The molecule has 1 saturated heterocycles. The van der Waals surface area contributed by atoms with Crippen LogP contribution in [0.4, 0.5) is 0 Å². The van der Waals surface area contributed by atoms with Crippen molar-refractivity contribution in [2.75, 3.05) is 13.1 Å². The number of sulfonamides is 1. The van der Waals surface area contributed by atoms with E-state index in [1.807, 2.05) is 6.92 Å². The van der Waals surface area contributed by atoms with E-state index in [1.165, 1.54) is 4.31 Å². The third kappa shape index (κ3) is 2.83. The molecule has 1 fully saturated rings. The molecule has 19 heavy (non-hydrogen) atoms. The average molecular weight is 343 g/mol. The van der Waals surface area contributed by atoms with Gasteiger partial charge >= 0.3 is 0 Å². The first-order valence-electron chi connectivity index (χ1n) is 6.05. The molecule has 6 heteroatoms. The van der Waals surface area contributed by atoms with Gasteiger partial charge in [0.1, 0.15) is 0 Å². The van der Waals surface area contributed by atoms with Crippen molar-refractivity contribution in [3.63, 3.8) is 0 Å². The Kier molecular flexibility index (Phi) is 4.00. The first-order valence-corrected chi connectivity index (χ1v) is 8.28. The molecule has 102 valence electrons. The predicted molar refractivity (Wildman–Crippen MR) is 75.9 cm³/mol. The topological polar surface area (TPSA) is 61.2 Å². The number of nitriles is 1. The Labute approximate surface area is 122 Å². The zero-order chi connectivity index (χ0) is 14.1. The standard InChI is InChI=1S/C13H15BrN2O2S/c1-13(10-15)6-8-16(9-7-13)19(17,18)12-5-3-2-4-11(12)14/h2-5H,6-9H2,1H3. The first-order chi connectivity index (χ1) is 8.89. The molecule has 1 aromatic rings. The fraction of sp³-hybridized carbons (Fsp3) is 0.462. The van der Waals surface area contributed by atoms with Crippen molar-refractivity contribution in [2.45, 2.75) is 24.7 Å². The van der Waals surface area contributed by atoms with E-state index in [9.17, 15) is 8.42 Å². The van der Waals surface area contributed by atoms with Gasteiger partial charge < -0.3 is 0 Å². The summed E-state index contributed by atoms with van der Waals surface area (Å²) in [6, 6.07) is 9.08. The maximum Gasteiger partial charge on any atom is 0.244 e. The fourth-order valence-corrected chi connectivity index (χ4v) is 4.53. The van der Waals surface area contributed by atoms with Crippen LogP contribution >= 0.6 is 15.9 Å². The van der Waals surface area contributed by atoms with Crippen LogP contribution in [0, 0.1) is 16.7 Å². The monoisotopic (exact) mass is 342 g/mol. The second-order valence-electron chi connectivity index (χ2n) is 5.01. The highest BCUT2D eigenvalue weighted by Crippen LogP contribution is 2.33. The summed E-state index contributed by atoms with van der Waals surface area (Å²) in [6.45, 7) is 2.68. The Morgan fingerprint density at radius 2 is 1.89 bits per heavy atom. The van der Waals surface area contributed by atoms with E-state index >= 15 is 0 Å². The Morgan fingerprint density at radius 3 is 2.42 bits per heavy atom. The molecule has 0 radical (unpaired) electrons. The summed E-state index contributed by atoms with van der Waals surface area (Å²) in [6.07, 6.45) is 1.15. The molecule has 0 atom stereocenters. The van der Waals surface area contributed by atoms with Gasteiger partial charge in [-0.15, -0.1) is 0 Å². The molecule has 1 heterocycles.